The predicted molar refractivity (Wildman–Crippen MR) is 319 cm³/mol. The summed E-state index contributed by atoms with van der Waals surface area (Å²) in [6.07, 6.45) is 11.2. The standard InChI is InChI=1S/C22H29BrN2O4S.C22H28BrNO4S.C6H13NO2.C5H9ClO2.C2HF3O2/c1-14-5-4-6-21(26)29-19(10-15(2)23)12-20-25-18(13-30-20)8-7-17(24)11-22(27)28-16(3)9-14;1-15-7-6-10-22(26)28-19(12-16(2)23)13-20-24-18(14-29-20)8-4-5-9-21(25)27-17(3)11-15;1-6(2,3)9-5(8)7-4;1-5(2,3)8-4(6)7;3-2(4,5)1(6)7/h4-6,10,13,16-17,19H,7-9,11-12,24H2,1-3H3;6-7,10,12,14,17,19H,4-5,8-9,11,13H2,1-3H3;1-4H3,(H,7,8);1-3H3;(H,6,7)/b6-4-,14-5+,15-10+;10-6-,15-7+,16-12+;;;/t16-,17+,19+;17-,19+;;;/m00.../s1/i;5T;;;/tm;5-,17+,19-;;;/m01.... The van der Waals surface area contributed by atoms with Gasteiger partial charge in [0.15, 0.2) is 0 Å². The first-order valence-electron chi connectivity index (χ1n) is 26.7. The lowest BCUT2D eigenvalue weighted by atomic mass is 10.1. The maximum absolute atomic E-state index is 12.3. The topological polar surface area (TPSA) is 263 Å². The number of allylic oxidation sites excluding steroid dienone is 6. The van der Waals surface area contributed by atoms with Crippen LogP contribution in [0.3, 0.4) is 0 Å². The number of halogens is 6. The number of quaternary nitrogens is 1. The molecule has 4 N–H and O–H groups in total. The number of thiazole rings is 2. The predicted octanol–water partition coefficient (Wildman–Crippen LogP) is 11.7. The number of carbonyl (C=O) groups is 7. The molecule has 1 amide bonds. The molecule has 0 aromatic carbocycles. The van der Waals surface area contributed by atoms with Crippen LogP contribution >= 0.6 is 66.1 Å². The van der Waals surface area contributed by atoms with Crippen molar-refractivity contribution in [3.8, 4) is 0 Å². The van der Waals surface area contributed by atoms with Crippen LogP contribution in [0.5, 0.6) is 0 Å². The molecule has 83 heavy (non-hydrogen) atoms. The Morgan fingerprint density at radius 2 is 1.17 bits per heavy atom. The van der Waals surface area contributed by atoms with Crippen LogP contribution < -0.4 is 16.2 Å². The van der Waals surface area contributed by atoms with Gasteiger partial charge in [-0.25, -0.2) is 29.1 Å². The van der Waals surface area contributed by atoms with Crippen LogP contribution in [0.2, 0.25) is 0 Å². The quantitative estimate of drug-likeness (QED) is 0.161. The highest BCUT2D eigenvalue weighted by Gasteiger charge is 2.29. The number of aliphatic carboxylic acids is 1. The van der Waals surface area contributed by atoms with E-state index in [2.05, 4.69) is 57.6 Å². The molecule has 6 atom stereocenters. The molecule has 4 heterocycles. The van der Waals surface area contributed by atoms with Crippen molar-refractivity contribution in [1.82, 2.24) is 15.3 Å². The molecule has 4 rings (SSSR count). The van der Waals surface area contributed by atoms with Crippen molar-refractivity contribution >= 4 is 108 Å². The van der Waals surface area contributed by atoms with E-state index in [1.54, 1.807) is 50.3 Å². The number of alkyl halides is 3. The highest BCUT2D eigenvalue weighted by Crippen LogP contribution is 2.21. The van der Waals surface area contributed by atoms with Crippen molar-refractivity contribution in [3.63, 3.8) is 0 Å². The molecule has 2 aliphatic rings. The summed E-state index contributed by atoms with van der Waals surface area (Å²) in [6.45, 7) is 22.1. The van der Waals surface area contributed by atoms with Crippen LogP contribution in [0.4, 0.5) is 22.8 Å². The average molecular weight is 1360 g/mol. The minimum Gasteiger partial charge on any atom is -0.542 e. The third kappa shape index (κ3) is 44.0. The maximum Gasteiger partial charge on any atom is 0.430 e. The molecular weight excluding hydrogens is 1280 g/mol. The first-order chi connectivity index (χ1) is 38.7. The molecule has 0 saturated carbocycles. The molecule has 466 valence electrons. The molecule has 0 unspecified atom stereocenters. The first kappa shape index (κ1) is 75.8. The number of hydrogen-bond donors (Lipinski definition) is 2. The Morgan fingerprint density at radius 3 is 1.53 bits per heavy atom. The zero-order valence-electron chi connectivity index (χ0n) is 50.2. The van der Waals surface area contributed by atoms with Gasteiger partial charge in [0.1, 0.15) is 41.6 Å². The van der Waals surface area contributed by atoms with Crippen LogP contribution in [0, 0.1) is 0 Å². The minimum absolute atomic E-state index is 0.0239. The highest BCUT2D eigenvalue weighted by atomic mass is 79.9. The molecule has 0 aliphatic carbocycles. The van der Waals surface area contributed by atoms with E-state index in [9.17, 15) is 41.9 Å². The van der Waals surface area contributed by atoms with Gasteiger partial charge in [0.2, 0.25) is 0 Å². The molecule has 0 saturated heterocycles. The van der Waals surface area contributed by atoms with Crippen molar-refractivity contribution in [3.05, 3.63) is 101 Å². The summed E-state index contributed by atoms with van der Waals surface area (Å²) in [5.74, 6) is -4.44. The lowest BCUT2D eigenvalue weighted by Crippen LogP contribution is -2.61. The Morgan fingerprint density at radius 1 is 0.747 bits per heavy atom. The Balaban J connectivity index is 0.00000118. The van der Waals surface area contributed by atoms with Gasteiger partial charge in [-0.1, -0.05) is 67.3 Å². The van der Waals surface area contributed by atoms with Gasteiger partial charge in [0, 0.05) is 81.5 Å². The largest absolute Gasteiger partial charge is 0.542 e. The van der Waals surface area contributed by atoms with Crippen LogP contribution in [-0.2, 0) is 78.1 Å². The number of cyclic esters (lactones) is 4. The lowest BCUT2D eigenvalue weighted by Gasteiger charge is -2.18. The van der Waals surface area contributed by atoms with Gasteiger partial charge < -0.3 is 49.4 Å². The number of ether oxygens (including phenoxy) is 6. The molecule has 0 spiro atoms. The van der Waals surface area contributed by atoms with E-state index in [1.165, 1.54) is 30.5 Å². The van der Waals surface area contributed by atoms with Crippen LogP contribution in [0.25, 0.3) is 0 Å². The number of esters is 4. The van der Waals surface area contributed by atoms with Crippen LogP contribution in [-0.4, -0.2) is 106 Å². The summed E-state index contributed by atoms with van der Waals surface area (Å²) < 4.78 is 73.0. The first-order valence-corrected chi connectivity index (χ1v) is 29.8. The van der Waals surface area contributed by atoms with Crippen molar-refractivity contribution in [1.29, 1.82) is 0 Å². The molecule has 0 fully saturated rings. The van der Waals surface area contributed by atoms with Gasteiger partial charge in [-0.05, 0) is 130 Å². The van der Waals surface area contributed by atoms with E-state index in [4.69, 9.17) is 46.6 Å². The highest BCUT2D eigenvalue weighted by molar-refractivity contribution is 9.12. The van der Waals surface area contributed by atoms with Crippen molar-refractivity contribution in [2.75, 3.05) is 7.05 Å². The number of hydrogen-bond acceptors (Lipinski definition) is 18. The van der Waals surface area contributed by atoms with Gasteiger partial charge in [-0.3, -0.25) is 9.59 Å². The monoisotopic (exact) mass is 1360 g/mol. The van der Waals surface area contributed by atoms with Crippen LogP contribution in [0.1, 0.15) is 151 Å². The zero-order valence-corrected chi connectivity index (χ0v) is 54.8. The van der Waals surface area contributed by atoms with E-state index >= 15 is 0 Å². The Labute approximate surface area is 516 Å². The number of nitrogens with one attached hydrogen (secondary N) is 1. The number of carbonyl (C=O) groups excluding carboxylic acids is 7. The number of amides is 1. The fourth-order valence-corrected chi connectivity index (χ4v) is 9.17. The molecule has 0 radical (unpaired) electrons. The Bertz CT molecular complexity index is 2490. The number of aryl methyl sites for hydroxylation is 2. The van der Waals surface area contributed by atoms with Crippen molar-refractivity contribution < 1.29 is 87.4 Å². The van der Waals surface area contributed by atoms with Crippen molar-refractivity contribution in [2.24, 2.45) is 0 Å². The summed E-state index contributed by atoms with van der Waals surface area (Å²) in [4.78, 5) is 87.3. The molecular formula is C57H80Br2ClF3N4O14S2. The number of aromatic nitrogens is 2. The molecule has 18 nitrogen and oxygen atoms in total. The van der Waals surface area contributed by atoms with Gasteiger partial charge in [0.25, 0.3) is 0 Å². The van der Waals surface area contributed by atoms with Gasteiger partial charge in [0.05, 0.1) is 33.9 Å². The fourth-order valence-electron chi connectivity index (χ4n) is 6.60. The summed E-state index contributed by atoms with van der Waals surface area (Å²) in [5, 5.41) is 16.9. The zero-order chi connectivity index (χ0) is 64.5. The van der Waals surface area contributed by atoms with E-state index in [1.807, 2.05) is 91.3 Å². The van der Waals surface area contributed by atoms with Crippen LogP contribution in [0.15, 0.2) is 79.5 Å². The normalized spacial score (nSPS) is 23.6. The number of fused-ring (bicyclic) bond motifs is 4. The number of nitrogens with zero attached hydrogens (tertiary/aromatic N) is 2. The molecule has 4 bridgehead atoms. The second kappa shape index (κ2) is 40.2. The summed E-state index contributed by atoms with van der Waals surface area (Å²) >= 11 is 14.8. The van der Waals surface area contributed by atoms with E-state index in [-0.39, 0.29) is 48.3 Å². The summed E-state index contributed by atoms with van der Waals surface area (Å²) in [6, 6.07) is -0.0239. The van der Waals surface area contributed by atoms with Gasteiger partial charge in [-0.15, -0.1) is 22.7 Å². The lowest BCUT2D eigenvalue weighted by molar-refractivity contribution is -0.420. The number of rotatable bonds is 2. The second-order valence-electron chi connectivity index (χ2n) is 20.7. The van der Waals surface area contributed by atoms with Gasteiger partial charge >= 0.3 is 41.6 Å². The molecule has 2 aromatic heterocycles. The number of carboxylic acids is 1. The third-order valence-corrected chi connectivity index (χ3v) is 12.3. The molecule has 2 aliphatic heterocycles. The molecule has 2 aromatic rings. The minimum atomic E-state index is -5.19. The SMILES string of the molecule is C/C(Br)=C\[C@@H]1Cc2nc(cs2)CC[C@@H]([NH3+])CC(=O)O[C@@H](C)C/C(C)=C/C=C\C(=O)O1.CC(C)(C)OC(=O)Cl.CNC(=O)OC(C)(C)C.O=C([O-])C(F)(F)F.[3H][C@@H]1CCc2csc(n2)C[C@@H](/C=C(\C)Br)OC(=O)/C=C\C=C(/C)C[C@H](C)OC(=O)C1. The third-order valence-electron chi connectivity index (χ3n) is 9.83. The van der Waals surface area contributed by atoms with Gasteiger partial charge in [-0.2, -0.15) is 13.2 Å². The number of carboxylic acid groups (broad SMARTS) is 1. The summed E-state index contributed by atoms with van der Waals surface area (Å²) in [5.41, 5.74) is 6.32. The number of alkyl carbamates (subject to hydrolysis) is 1. The second-order valence-corrected chi connectivity index (χ2v) is 25.4. The Kier molecular flexibility index (Phi) is 36.7. The molecule has 26 heteroatoms. The Hall–Kier alpha value is -5.21. The van der Waals surface area contributed by atoms with E-state index in [0.717, 1.165) is 54.4 Å². The maximum atomic E-state index is 12.3. The van der Waals surface area contributed by atoms with E-state index in [0.29, 0.717) is 44.9 Å². The summed E-state index contributed by atoms with van der Waals surface area (Å²) in [7, 11) is 1.54. The van der Waals surface area contributed by atoms with Crippen molar-refractivity contribution in [2.45, 2.75) is 202 Å². The van der Waals surface area contributed by atoms with E-state index < -0.39 is 53.7 Å². The fraction of sp³-hybridized carbons (Fsp3) is 0.561. The smallest absolute Gasteiger partial charge is 0.430 e. The average Bonchev–Trinajstić information content (AvgIpc) is 4.01.